The number of carbonyl (C=O) groups is 8. The molecular weight excluding hydrogens is 648 g/mol. The van der Waals surface area contributed by atoms with Crippen molar-refractivity contribution in [3.8, 4) is 0 Å². The molecule has 0 spiro atoms. The minimum absolute atomic E-state index is 0.146. The number of hydrogen-bond acceptors (Lipinski definition) is 16. The molecule has 48 heavy (non-hydrogen) atoms. The van der Waals surface area contributed by atoms with Crippen molar-refractivity contribution in [3.05, 3.63) is 22.8 Å². The Hall–Kier alpha value is -6.88. The molecule has 0 aliphatic heterocycles. The number of nitrogens with one attached hydrogen (secondary N) is 4. The highest BCUT2D eigenvalue weighted by Crippen LogP contribution is 2.14. The van der Waals surface area contributed by atoms with Crippen molar-refractivity contribution in [1.82, 2.24) is 41.2 Å². The first kappa shape index (κ1) is 39.1. The topological polar surface area (TPSA) is 421 Å². The van der Waals surface area contributed by atoms with Crippen LogP contribution in [-0.4, -0.2) is 114 Å². The van der Waals surface area contributed by atoms with E-state index in [1.165, 1.54) is 0 Å². The monoisotopic (exact) mass is 680 g/mol. The highest BCUT2D eigenvalue weighted by atomic mass is 16.4. The molecule has 24 nitrogen and oxygen atoms in total. The lowest BCUT2D eigenvalue weighted by atomic mass is 10.3. The van der Waals surface area contributed by atoms with Crippen LogP contribution < -0.4 is 44.2 Å². The standard InChI is InChI=1S/2C12H16N6O6/c2*13-9-7(11(23)15-3-1-5(19)20)17-10(14)8(18-9)12(24)16-4-2-6(21)22/h2*1-4H2,(H2,14,17)(H2,13,18)(H,15,23)(H,16,24)(H,19,20)(H,21,22). The molecule has 0 unspecified atom stereocenters. The van der Waals surface area contributed by atoms with Crippen LogP contribution in [0.5, 0.6) is 0 Å². The van der Waals surface area contributed by atoms with Gasteiger partial charge in [-0.2, -0.15) is 0 Å². The Bertz CT molecular complexity index is 1350. The van der Waals surface area contributed by atoms with Gasteiger partial charge in [-0.3, -0.25) is 38.4 Å². The molecule has 0 radical (unpaired) electrons. The zero-order chi connectivity index (χ0) is 36.6. The zero-order valence-corrected chi connectivity index (χ0v) is 24.8. The van der Waals surface area contributed by atoms with E-state index < -0.39 is 47.5 Å². The predicted molar refractivity (Wildman–Crippen MR) is 160 cm³/mol. The summed E-state index contributed by atoms with van der Waals surface area (Å²) in [6.07, 6.45) is -1.17. The lowest BCUT2D eigenvalue weighted by Gasteiger charge is -2.09. The van der Waals surface area contributed by atoms with Crippen molar-refractivity contribution in [3.63, 3.8) is 0 Å². The number of carbonyl (C=O) groups excluding carboxylic acids is 4. The van der Waals surface area contributed by atoms with Gasteiger partial charge < -0.3 is 64.6 Å². The average molecular weight is 681 g/mol. The van der Waals surface area contributed by atoms with Crippen molar-refractivity contribution >= 4 is 70.8 Å². The fraction of sp³-hybridized carbons (Fsp3) is 0.333. The summed E-state index contributed by atoms with van der Waals surface area (Å²) in [6, 6.07) is 0. The summed E-state index contributed by atoms with van der Waals surface area (Å²) < 4.78 is 0. The van der Waals surface area contributed by atoms with Gasteiger partial charge in [0.25, 0.3) is 23.6 Å². The first-order chi connectivity index (χ1) is 22.4. The fourth-order valence-corrected chi connectivity index (χ4v) is 3.06. The third kappa shape index (κ3) is 13.4. The molecule has 0 saturated carbocycles. The number of aromatic nitrogens is 4. The quantitative estimate of drug-likeness (QED) is 0.0805. The average Bonchev–Trinajstić information content (AvgIpc) is 2.98. The van der Waals surface area contributed by atoms with Gasteiger partial charge in [0.05, 0.1) is 25.7 Å². The van der Waals surface area contributed by atoms with Gasteiger partial charge in [-0.05, 0) is 0 Å². The van der Waals surface area contributed by atoms with E-state index in [1.54, 1.807) is 0 Å². The van der Waals surface area contributed by atoms with Crippen molar-refractivity contribution in [2.24, 2.45) is 0 Å². The Morgan fingerprint density at radius 3 is 0.708 bits per heavy atom. The molecule has 0 atom stereocenters. The van der Waals surface area contributed by atoms with Crippen LogP contribution >= 0.6 is 0 Å². The van der Waals surface area contributed by atoms with Gasteiger partial charge in [0, 0.05) is 26.2 Å². The molecule has 2 aromatic heterocycles. The van der Waals surface area contributed by atoms with E-state index in [4.69, 9.17) is 43.4 Å². The fourth-order valence-electron chi connectivity index (χ4n) is 3.06. The molecule has 0 aliphatic rings. The van der Waals surface area contributed by atoms with Gasteiger partial charge in [-0.25, -0.2) is 19.9 Å². The van der Waals surface area contributed by atoms with Crippen LogP contribution in [0.25, 0.3) is 0 Å². The molecule has 0 fully saturated rings. The first-order valence-corrected chi connectivity index (χ1v) is 13.3. The van der Waals surface area contributed by atoms with Crippen molar-refractivity contribution in [2.45, 2.75) is 25.7 Å². The number of rotatable bonds is 16. The molecule has 2 rings (SSSR count). The van der Waals surface area contributed by atoms with Gasteiger partial charge in [0.15, 0.2) is 46.0 Å². The molecule has 16 N–H and O–H groups in total. The van der Waals surface area contributed by atoms with Crippen molar-refractivity contribution < 1.29 is 58.8 Å². The number of hydrogen-bond donors (Lipinski definition) is 12. The maximum Gasteiger partial charge on any atom is 0.305 e. The molecule has 260 valence electrons. The van der Waals surface area contributed by atoms with Crippen molar-refractivity contribution in [2.75, 3.05) is 49.1 Å². The van der Waals surface area contributed by atoms with Crippen LogP contribution in [0.15, 0.2) is 0 Å². The van der Waals surface area contributed by atoms with Crippen LogP contribution in [0.1, 0.15) is 67.6 Å². The van der Waals surface area contributed by atoms with Crippen LogP contribution in [0.4, 0.5) is 23.3 Å². The molecule has 0 aromatic carbocycles. The van der Waals surface area contributed by atoms with E-state index >= 15 is 0 Å². The molecule has 2 heterocycles. The summed E-state index contributed by atoms with van der Waals surface area (Å²) in [6.45, 7) is -0.585. The summed E-state index contributed by atoms with van der Waals surface area (Å²) in [5.41, 5.74) is 20.8. The molecule has 2 aromatic rings. The first-order valence-electron chi connectivity index (χ1n) is 13.3. The van der Waals surface area contributed by atoms with Gasteiger partial charge >= 0.3 is 23.9 Å². The second-order valence-electron chi connectivity index (χ2n) is 8.98. The van der Waals surface area contributed by atoms with Crippen LogP contribution in [0, 0.1) is 0 Å². The predicted octanol–water partition coefficient (Wildman–Crippen LogP) is -3.90. The van der Waals surface area contributed by atoms with E-state index in [-0.39, 0.29) is 97.9 Å². The second-order valence-corrected chi connectivity index (χ2v) is 8.98. The minimum atomic E-state index is -1.10. The highest BCUT2D eigenvalue weighted by Gasteiger charge is 2.22. The summed E-state index contributed by atoms with van der Waals surface area (Å²) in [5, 5.41) is 43.1. The van der Waals surface area contributed by atoms with Gasteiger partial charge in [0.2, 0.25) is 0 Å². The van der Waals surface area contributed by atoms with Gasteiger partial charge in [0.1, 0.15) is 0 Å². The molecule has 4 amide bonds. The summed E-state index contributed by atoms with van der Waals surface area (Å²) in [7, 11) is 0. The Labute approximate surface area is 268 Å². The van der Waals surface area contributed by atoms with Gasteiger partial charge in [-0.15, -0.1) is 0 Å². The van der Waals surface area contributed by atoms with E-state index in [9.17, 15) is 38.4 Å². The van der Waals surface area contributed by atoms with Crippen LogP contribution in [-0.2, 0) is 19.2 Å². The van der Waals surface area contributed by atoms with Crippen LogP contribution in [0.3, 0.4) is 0 Å². The third-order valence-electron chi connectivity index (χ3n) is 5.26. The Balaban J connectivity index is 0.000000480. The number of nitrogens with zero attached hydrogens (tertiary/aromatic N) is 4. The normalized spacial score (nSPS) is 10.0. The molecule has 0 bridgehead atoms. The smallest absolute Gasteiger partial charge is 0.305 e. The maximum absolute atomic E-state index is 11.8. The van der Waals surface area contributed by atoms with Gasteiger partial charge in [-0.1, -0.05) is 0 Å². The SMILES string of the molecule is Nc1nc(C(=O)NCCC(=O)O)c(N)nc1C(=O)NCCC(=O)O.Nc1nc(C(=O)NCCC(=O)O)c(N)nc1C(=O)NCCC(=O)O. The molecule has 0 saturated heterocycles. The number of aliphatic carboxylic acids is 4. The number of anilines is 4. The number of carboxylic acids is 4. The van der Waals surface area contributed by atoms with E-state index in [0.29, 0.717) is 0 Å². The van der Waals surface area contributed by atoms with E-state index in [1.807, 2.05) is 0 Å². The molecular formula is C24H32N12O12. The minimum Gasteiger partial charge on any atom is -0.481 e. The second kappa shape index (κ2) is 18.8. The zero-order valence-electron chi connectivity index (χ0n) is 24.8. The number of amides is 4. The maximum atomic E-state index is 11.8. The number of carboxylic acid groups (broad SMARTS) is 4. The summed E-state index contributed by atoms with van der Waals surface area (Å²) in [5.74, 6) is -9.02. The molecule has 0 aliphatic carbocycles. The largest absolute Gasteiger partial charge is 0.481 e. The van der Waals surface area contributed by atoms with Crippen LogP contribution in [0.2, 0.25) is 0 Å². The van der Waals surface area contributed by atoms with E-state index in [2.05, 4.69) is 41.2 Å². The summed E-state index contributed by atoms with van der Waals surface area (Å²) in [4.78, 5) is 104. The Morgan fingerprint density at radius 1 is 0.396 bits per heavy atom. The third-order valence-corrected chi connectivity index (χ3v) is 5.26. The lowest BCUT2D eigenvalue weighted by Crippen LogP contribution is -2.31. The number of nitrogen functional groups attached to an aromatic ring is 4. The highest BCUT2D eigenvalue weighted by molar-refractivity contribution is 6.02. The summed E-state index contributed by atoms with van der Waals surface area (Å²) >= 11 is 0. The van der Waals surface area contributed by atoms with E-state index in [0.717, 1.165) is 0 Å². The Morgan fingerprint density at radius 2 is 0.562 bits per heavy atom. The van der Waals surface area contributed by atoms with Crippen molar-refractivity contribution in [1.29, 1.82) is 0 Å². The Kier molecular flexibility index (Phi) is 15.3. The number of nitrogens with two attached hydrogens (primary N) is 4. The lowest BCUT2D eigenvalue weighted by molar-refractivity contribution is -0.137. The molecule has 24 heteroatoms.